The zero-order valence-electron chi connectivity index (χ0n) is 11.0. The van der Waals surface area contributed by atoms with Gasteiger partial charge in [-0.25, -0.2) is 9.59 Å². The van der Waals surface area contributed by atoms with E-state index in [1.807, 2.05) is 0 Å². The molecule has 0 aliphatic carbocycles. The number of carbonyl (C=O) groups is 1. The minimum Gasteiger partial charge on any atom is -0.478 e. The summed E-state index contributed by atoms with van der Waals surface area (Å²) < 4.78 is 7.19. The molecule has 6 heteroatoms. The second-order valence-electron chi connectivity index (χ2n) is 5.04. The molecule has 1 aromatic heterocycles. The van der Waals surface area contributed by atoms with Crippen LogP contribution >= 0.6 is 0 Å². The molecule has 2 aromatic rings. The lowest BCUT2D eigenvalue weighted by atomic mass is 10.2. The second-order valence-corrected chi connectivity index (χ2v) is 5.04. The van der Waals surface area contributed by atoms with Gasteiger partial charge in [0.15, 0.2) is 0 Å². The lowest BCUT2D eigenvalue weighted by Gasteiger charge is -2.09. The molecular formula is C14H16N2O4. The number of nitrogens with one attached hydrogen (secondary N) is 1. The molecule has 0 radical (unpaired) electrons. The number of carboxylic acid groups (broad SMARTS) is 1. The number of hydrogen-bond donors (Lipinski definition) is 2. The number of hydrogen-bond acceptors (Lipinski definition) is 3. The topological polar surface area (TPSA) is 84.3 Å². The van der Waals surface area contributed by atoms with Crippen molar-refractivity contribution in [3.8, 4) is 0 Å². The lowest BCUT2D eigenvalue weighted by Crippen LogP contribution is -2.19. The van der Waals surface area contributed by atoms with Gasteiger partial charge in [-0.05, 0) is 37.5 Å². The number of rotatable bonds is 4. The van der Waals surface area contributed by atoms with Crippen LogP contribution in [0.25, 0.3) is 11.0 Å². The third-order valence-corrected chi connectivity index (χ3v) is 3.72. The standard InChI is InChI=1S/C14H16N2O4/c17-13(18)9-3-4-12-11(8-9)15-14(19)16(12)6-5-10-2-1-7-20-10/h3-4,8,10H,1-2,5-7H2,(H,15,19)(H,17,18). The third-order valence-electron chi connectivity index (χ3n) is 3.72. The number of ether oxygens (including phenoxy) is 1. The molecule has 1 aliphatic heterocycles. The van der Waals surface area contributed by atoms with Gasteiger partial charge in [0.25, 0.3) is 0 Å². The first-order chi connectivity index (χ1) is 9.65. The number of aromatic nitrogens is 2. The van der Waals surface area contributed by atoms with Gasteiger partial charge in [0.05, 0.1) is 22.7 Å². The van der Waals surface area contributed by atoms with Crippen molar-refractivity contribution in [2.45, 2.75) is 31.9 Å². The van der Waals surface area contributed by atoms with Crippen LogP contribution in [0.15, 0.2) is 23.0 Å². The summed E-state index contributed by atoms with van der Waals surface area (Å²) in [5.74, 6) is -1.00. The molecule has 1 saturated heterocycles. The summed E-state index contributed by atoms with van der Waals surface area (Å²) in [4.78, 5) is 25.6. The van der Waals surface area contributed by atoms with Crippen LogP contribution in [0.1, 0.15) is 29.6 Å². The lowest BCUT2D eigenvalue weighted by molar-refractivity contribution is 0.0697. The van der Waals surface area contributed by atoms with Crippen LogP contribution in [-0.4, -0.2) is 33.3 Å². The molecule has 1 unspecified atom stereocenters. The van der Waals surface area contributed by atoms with Crippen molar-refractivity contribution in [3.05, 3.63) is 34.2 Å². The third kappa shape index (κ3) is 2.34. The number of fused-ring (bicyclic) bond motifs is 1. The van der Waals surface area contributed by atoms with Crippen molar-refractivity contribution in [3.63, 3.8) is 0 Å². The van der Waals surface area contributed by atoms with Gasteiger partial charge in [-0.2, -0.15) is 0 Å². The Kier molecular flexibility index (Phi) is 3.31. The molecule has 2 heterocycles. The highest BCUT2D eigenvalue weighted by Crippen LogP contribution is 2.18. The van der Waals surface area contributed by atoms with Gasteiger partial charge in [0, 0.05) is 13.2 Å². The van der Waals surface area contributed by atoms with E-state index >= 15 is 0 Å². The van der Waals surface area contributed by atoms with Crippen molar-refractivity contribution >= 4 is 17.0 Å². The maximum absolute atomic E-state index is 11.9. The first-order valence-corrected chi connectivity index (χ1v) is 6.72. The second kappa shape index (κ2) is 5.13. The monoisotopic (exact) mass is 276 g/mol. The molecule has 1 aliphatic rings. The Morgan fingerprint density at radius 1 is 1.50 bits per heavy atom. The fourth-order valence-corrected chi connectivity index (χ4v) is 2.66. The SMILES string of the molecule is O=C(O)c1ccc2c(c1)[nH]c(=O)n2CCC1CCCO1. The largest absolute Gasteiger partial charge is 0.478 e. The summed E-state index contributed by atoms with van der Waals surface area (Å²) in [7, 11) is 0. The number of nitrogens with zero attached hydrogens (tertiary/aromatic N) is 1. The van der Waals surface area contributed by atoms with E-state index < -0.39 is 5.97 Å². The summed E-state index contributed by atoms with van der Waals surface area (Å²) >= 11 is 0. The van der Waals surface area contributed by atoms with Gasteiger partial charge < -0.3 is 14.8 Å². The smallest absolute Gasteiger partial charge is 0.335 e. The van der Waals surface area contributed by atoms with Gasteiger partial charge in [-0.15, -0.1) is 0 Å². The van der Waals surface area contributed by atoms with Crippen LogP contribution in [-0.2, 0) is 11.3 Å². The first-order valence-electron chi connectivity index (χ1n) is 6.72. The highest BCUT2D eigenvalue weighted by molar-refractivity contribution is 5.92. The molecule has 2 N–H and O–H groups in total. The van der Waals surface area contributed by atoms with Crippen molar-refractivity contribution in [2.24, 2.45) is 0 Å². The zero-order chi connectivity index (χ0) is 14.1. The minimum absolute atomic E-state index is 0.171. The molecule has 1 fully saturated rings. The number of benzene rings is 1. The van der Waals surface area contributed by atoms with Crippen LogP contribution in [0.3, 0.4) is 0 Å². The Morgan fingerprint density at radius 3 is 3.05 bits per heavy atom. The van der Waals surface area contributed by atoms with Crippen molar-refractivity contribution in [2.75, 3.05) is 6.61 Å². The Morgan fingerprint density at radius 2 is 2.35 bits per heavy atom. The fraction of sp³-hybridized carbons (Fsp3) is 0.429. The highest BCUT2D eigenvalue weighted by Gasteiger charge is 2.17. The molecule has 6 nitrogen and oxygen atoms in total. The van der Waals surface area contributed by atoms with Gasteiger partial charge in [-0.3, -0.25) is 4.57 Å². The Balaban J connectivity index is 1.88. The van der Waals surface area contributed by atoms with Gasteiger partial charge in [0.1, 0.15) is 0 Å². The van der Waals surface area contributed by atoms with E-state index in [9.17, 15) is 9.59 Å². The van der Waals surface area contributed by atoms with Crippen LogP contribution in [0.5, 0.6) is 0 Å². The van der Waals surface area contributed by atoms with Crippen LogP contribution in [0.2, 0.25) is 0 Å². The molecule has 1 aromatic carbocycles. The van der Waals surface area contributed by atoms with E-state index in [-0.39, 0.29) is 17.4 Å². The molecule has 0 spiro atoms. The molecule has 0 amide bonds. The number of aromatic carboxylic acids is 1. The number of aromatic amines is 1. The van der Waals surface area contributed by atoms with Crippen molar-refractivity contribution in [1.29, 1.82) is 0 Å². The van der Waals surface area contributed by atoms with Gasteiger partial charge in [-0.1, -0.05) is 0 Å². The van der Waals surface area contributed by atoms with E-state index in [2.05, 4.69) is 4.98 Å². The molecular weight excluding hydrogens is 260 g/mol. The van der Waals surface area contributed by atoms with Crippen LogP contribution in [0.4, 0.5) is 0 Å². The summed E-state index contributed by atoms with van der Waals surface area (Å²) in [5, 5.41) is 8.95. The normalized spacial score (nSPS) is 18.7. The fourth-order valence-electron chi connectivity index (χ4n) is 2.66. The highest BCUT2D eigenvalue weighted by atomic mass is 16.5. The van der Waals surface area contributed by atoms with E-state index in [1.54, 1.807) is 10.6 Å². The summed E-state index contributed by atoms with van der Waals surface area (Å²) in [5.41, 5.74) is 1.26. The molecule has 3 rings (SSSR count). The molecule has 0 bridgehead atoms. The van der Waals surface area contributed by atoms with E-state index in [0.717, 1.165) is 31.4 Å². The van der Waals surface area contributed by atoms with Crippen molar-refractivity contribution < 1.29 is 14.6 Å². The summed E-state index contributed by atoms with van der Waals surface area (Å²) in [6, 6.07) is 4.67. The Hall–Kier alpha value is -2.08. The van der Waals surface area contributed by atoms with E-state index in [4.69, 9.17) is 9.84 Å². The van der Waals surface area contributed by atoms with E-state index in [0.29, 0.717) is 12.1 Å². The molecule has 1 atom stereocenters. The predicted molar refractivity (Wildman–Crippen MR) is 73.1 cm³/mol. The Labute approximate surface area is 115 Å². The number of aryl methyl sites for hydroxylation is 1. The zero-order valence-corrected chi connectivity index (χ0v) is 11.0. The van der Waals surface area contributed by atoms with Gasteiger partial charge in [0.2, 0.25) is 0 Å². The van der Waals surface area contributed by atoms with Crippen LogP contribution < -0.4 is 5.69 Å². The van der Waals surface area contributed by atoms with Gasteiger partial charge >= 0.3 is 11.7 Å². The predicted octanol–water partition coefficient (Wildman–Crippen LogP) is 1.60. The minimum atomic E-state index is -1.00. The maximum Gasteiger partial charge on any atom is 0.335 e. The average Bonchev–Trinajstić information content (AvgIpc) is 3.02. The first kappa shape index (κ1) is 12.9. The Bertz CT molecular complexity index is 695. The summed E-state index contributed by atoms with van der Waals surface area (Å²) in [6.45, 7) is 1.38. The molecule has 20 heavy (non-hydrogen) atoms. The van der Waals surface area contributed by atoms with Crippen LogP contribution in [0, 0.1) is 0 Å². The number of imidazole rings is 1. The van der Waals surface area contributed by atoms with E-state index in [1.165, 1.54) is 12.1 Å². The molecule has 106 valence electrons. The molecule has 0 saturated carbocycles. The maximum atomic E-state index is 11.9. The summed E-state index contributed by atoms with van der Waals surface area (Å²) in [6.07, 6.45) is 3.15. The number of H-pyrrole nitrogens is 1. The number of carboxylic acids is 1. The van der Waals surface area contributed by atoms with Crippen molar-refractivity contribution in [1.82, 2.24) is 9.55 Å². The average molecular weight is 276 g/mol. The quantitative estimate of drug-likeness (QED) is 0.888.